The number of anilines is 1. The van der Waals surface area contributed by atoms with Gasteiger partial charge in [-0.25, -0.2) is 4.39 Å². The van der Waals surface area contributed by atoms with Crippen molar-refractivity contribution < 1.29 is 4.39 Å². The highest BCUT2D eigenvalue weighted by Crippen LogP contribution is 2.44. The predicted octanol–water partition coefficient (Wildman–Crippen LogP) is 4.59. The highest BCUT2D eigenvalue weighted by molar-refractivity contribution is 5.62. The zero-order chi connectivity index (χ0) is 14.9. The largest absolute Gasteiger partial charge is 0.366 e. The number of halogens is 1. The fraction of sp³-hybridized carbons (Fsp3) is 0.588. The minimum Gasteiger partial charge on any atom is -0.366 e. The first kappa shape index (κ1) is 14.8. The fourth-order valence-electron chi connectivity index (χ4n) is 3.33. The summed E-state index contributed by atoms with van der Waals surface area (Å²) in [6.45, 7) is 9.71. The normalized spacial score (nSPS) is 20.4. The van der Waals surface area contributed by atoms with Gasteiger partial charge in [-0.15, -0.1) is 0 Å². The van der Waals surface area contributed by atoms with Gasteiger partial charge in [-0.05, 0) is 50.3 Å². The molecule has 2 rings (SSSR count). The highest BCUT2D eigenvalue weighted by atomic mass is 19.1. The quantitative estimate of drug-likeness (QED) is 0.806. The summed E-state index contributed by atoms with van der Waals surface area (Å²) in [7, 11) is 0. The molecule has 0 saturated heterocycles. The number of rotatable bonds is 3. The van der Waals surface area contributed by atoms with Crippen LogP contribution in [0.1, 0.15) is 64.0 Å². The van der Waals surface area contributed by atoms with Gasteiger partial charge in [0.15, 0.2) is 0 Å². The van der Waals surface area contributed by atoms with Gasteiger partial charge >= 0.3 is 0 Å². The minimum atomic E-state index is -0.405. The molecule has 0 amide bonds. The molecule has 1 atom stereocenters. The topological polar surface area (TPSA) is 27.0 Å². The summed E-state index contributed by atoms with van der Waals surface area (Å²) in [5, 5.41) is 9.01. The lowest BCUT2D eigenvalue weighted by Gasteiger charge is -2.47. The second kappa shape index (κ2) is 5.44. The number of fused-ring (bicyclic) bond motifs is 1. The Balaban J connectivity index is 2.52. The van der Waals surface area contributed by atoms with Crippen molar-refractivity contribution in [1.29, 1.82) is 5.26 Å². The molecular formula is C17H23FN2. The Morgan fingerprint density at radius 2 is 2.15 bits per heavy atom. The molecule has 1 aliphatic rings. The van der Waals surface area contributed by atoms with Crippen LogP contribution in [0.5, 0.6) is 0 Å². The molecule has 0 radical (unpaired) electrons. The molecule has 0 fully saturated rings. The molecule has 1 aromatic rings. The predicted molar refractivity (Wildman–Crippen MR) is 80.5 cm³/mol. The summed E-state index contributed by atoms with van der Waals surface area (Å²) in [6.07, 6.45) is 3.25. The number of nitriles is 1. The van der Waals surface area contributed by atoms with Gasteiger partial charge in [0.05, 0.1) is 5.56 Å². The fourth-order valence-corrected chi connectivity index (χ4v) is 3.33. The highest BCUT2D eigenvalue weighted by Gasteiger charge is 2.36. The van der Waals surface area contributed by atoms with Gasteiger partial charge in [0, 0.05) is 17.8 Å². The Morgan fingerprint density at radius 1 is 1.45 bits per heavy atom. The number of nitrogens with zero attached hydrogens (tertiary/aromatic N) is 2. The van der Waals surface area contributed by atoms with Crippen LogP contribution >= 0.6 is 0 Å². The van der Waals surface area contributed by atoms with Crippen LogP contribution < -0.4 is 4.90 Å². The molecule has 0 spiro atoms. The molecule has 0 N–H and O–H groups in total. The molecule has 0 saturated carbocycles. The van der Waals surface area contributed by atoms with E-state index in [1.54, 1.807) is 12.1 Å². The molecule has 0 bridgehead atoms. The summed E-state index contributed by atoms with van der Waals surface area (Å²) < 4.78 is 14.0. The van der Waals surface area contributed by atoms with E-state index in [4.69, 9.17) is 5.26 Å². The zero-order valence-corrected chi connectivity index (χ0v) is 12.8. The maximum Gasteiger partial charge on any atom is 0.143 e. The lowest BCUT2D eigenvalue weighted by atomic mass is 9.79. The SMILES string of the molecule is CCCCN1c2cc(F)c(C#N)cc2[C@@H](C)CC1(C)C. The molecule has 1 heterocycles. The molecule has 0 unspecified atom stereocenters. The second-order valence-corrected chi connectivity index (χ2v) is 6.43. The van der Waals surface area contributed by atoms with E-state index in [9.17, 15) is 4.39 Å². The lowest BCUT2D eigenvalue weighted by molar-refractivity contribution is 0.373. The van der Waals surface area contributed by atoms with Gasteiger partial charge in [0.2, 0.25) is 0 Å². The van der Waals surface area contributed by atoms with Crippen molar-refractivity contribution in [3.05, 3.63) is 29.1 Å². The van der Waals surface area contributed by atoms with Crippen LogP contribution in [0.15, 0.2) is 12.1 Å². The molecule has 1 aromatic carbocycles. The van der Waals surface area contributed by atoms with Crippen molar-refractivity contribution in [3.63, 3.8) is 0 Å². The second-order valence-electron chi connectivity index (χ2n) is 6.43. The molecule has 2 nitrogen and oxygen atoms in total. The van der Waals surface area contributed by atoms with Gasteiger partial charge in [-0.2, -0.15) is 5.26 Å². The van der Waals surface area contributed by atoms with E-state index in [1.165, 1.54) is 0 Å². The Kier molecular flexibility index (Phi) is 4.04. The van der Waals surface area contributed by atoms with Gasteiger partial charge < -0.3 is 4.90 Å². The third kappa shape index (κ3) is 2.52. The molecular weight excluding hydrogens is 251 g/mol. The number of hydrogen-bond donors (Lipinski definition) is 0. The summed E-state index contributed by atoms with van der Waals surface area (Å²) >= 11 is 0. The van der Waals surface area contributed by atoms with E-state index in [0.717, 1.165) is 37.1 Å². The van der Waals surface area contributed by atoms with Crippen LogP contribution in [0.3, 0.4) is 0 Å². The maximum absolute atomic E-state index is 14.0. The average molecular weight is 274 g/mol. The van der Waals surface area contributed by atoms with E-state index in [-0.39, 0.29) is 11.1 Å². The van der Waals surface area contributed by atoms with Gasteiger partial charge in [-0.3, -0.25) is 0 Å². The smallest absolute Gasteiger partial charge is 0.143 e. The van der Waals surface area contributed by atoms with E-state index >= 15 is 0 Å². The van der Waals surface area contributed by atoms with E-state index in [0.29, 0.717) is 5.92 Å². The van der Waals surface area contributed by atoms with E-state index in [2.05, 4.69) is 32.6 Å². The maximum atomic E-state index is 14.0. The van der Waals surface area contributed by atoms with Crippen LogP contribution in [-0.2, 0) is 0 Å². The number of benzene rings is 1. The van der Waals surface area contributed by atoms with Crippen LogP contribution in [0.2, 0.25) is 0 Å². The Morgan fingerprint density at radius 3 is 2.75 bits per heavy atom. The zero-order valence-electron chi connectivity index (χ0n) is 12.8. The van der Waals surface area contributed by atoms with E-state index in [1.807, 2.05) is 6.07 Å². The van der Waals surface area contributed by atoms with Crippen LogP contribution in [0.4, 0.5) is 10.1 Å². The van der Waals surface area contributed by atoms with Crippen molar-refractivity contribution in [2.75, 3.05) is 11.4 Å². The summed E-state index contributed by atoms with van der Waals surface area (Å²) in [5.41, 5.74) is 2.27. The average Bonchev–Trinajstić information content (AvgIpc) is 2.37. The molecule has 20 heavy (non-hydrogen) atoms. The first-order chi connectivity index (χ1) is 9.40. The Hall–Kier alpha value is -1.56. The monoisotopic (exact) mass is 274 g/mol. The third-order valence-electron chi connectivity index (χ3n) is 4.33. The summed E-state index contributed by atoms with van der Waals surface area (Å²) in [6, 6.07) is 5.25. The first-order valence-electron chi connectivity index (χ1n) is 7.42. The van der Waals surface area contributed by atoms with Crippen LogP contribution in [0.25, 0.3) is 0 Å². The molecule has 0 aromatic heterocycles. The number of hydrogen-bond acceptors (Lipinski definition) is 2. The Labute approximate surface area is 121 Å². The van der Waals surface area contributed by atoms with Crippen LogP contribution in [-0.4, -0.2) is 12.1 Å². The standard InChI is InChI=1S/C17H23FN2/c1-5-6-7-20-16-9-15(18)13(11-19)8-14(16)12(2)10-17(20,3)4/h8-9,12H,5-7,10H2,1-4H3/t12-/m0/s1. The van der Waals surface area contributed by atoms with Crippen LogP contribution in [0, 0.1) is 17.1 Å². The summed E-state index contributed by atoms with van der Waals surface area (Å²) in [5.74, 6) is -0.0526. The lowest BCUT2D eigenvalue weighted by Crippen LogP contribution is -2.48. The molecule has 0 aliphatic carbocycles. The number of unbranched alkanes of at least 4 members (excludes halogenated alkanes) is 1. The summed E-state index contributed by atoms with van der Waals surface area (Å²) in [4.78, 5) is 2.32. The first-order valence-corrected chi connectivity index (χ1v) is 7.42. The Bertz CT molecular complexity index is 543. The van der Waals surface area contributed by atoms with Crippen molar-refractivity contribution in [2.45, 2.75) is 58.4 Å². The minimum absolute atomic E-state index is 0.0299. The van der Waals surface area contributed by atoms with Gasteiger partial charge in [-0.1, -0.05) is 20.3 Å². The van der Waals surface area contributed by atoms with Crippen molar-refractivity contribution >= 4 is 5.69 Å². The van der Waals surface area contributed by atoms with Crippen molar-refractivity contribution in [2.24, 2.45) is 0 Å². The van der Waals surface area contributed by atoms with Gasteiger partial charge in [0.1, 0.15) is 11.9 Å². The third-order valence-corrected chi connectivity index (χ3v) is 4.33. The van der Waals surface area contributed by atoms with Gasteiger partial charge in [0.25, 0.3) is 0 Å². The van der Waals surface area contributed by atoms with E-state index < -0.39 is 5.82 Å². The van der Waals surface area contributed by atoms with Crippen molar-refractivity contribution in [3.8, 4) is 6.07 Å². The molecule has 108 valence electrons. The molecule has 1 aliphatic heterocycles. The molecule has 3 heteroatoms. The van der Waals surface area contributed by atoms with Crippen molar-refractivity contribution in [1.82, 2.24) is 0 Å².